The summed E-state index contributed by atoms with van der Waals surface area (Å²) in [6.45, 7) is 0. The molecule has 0 aliphatic rings. The largest absolute Gasteiger partial charge is 0.478 e. The summed E-state index contributed by atoms with van der Waals surface area (Å²) in [6, 6.07) is 1.59. The van der Waals surface area contributed by atoms with E-state index in [1.807, 2.05) is 0 Å². The Bertz CT molecular complexity index is 399. The number of rotatable bonds is 2. The summed E-state index contributed by atoms with van der Waals surface area (Å²) in [5, 5.41) is 8.27. The van der Waals surface area contributed by atoms with Crippen molar-refractivity contribution < 1.29 is 23.1 Å². The summed E-state index contributed by atoms with van der Waals surface area (Å²) in [7, 11) is 0. The predicted molar refractivity (Wildman–Crippen MR) is 45.9 cm³/mol. The third kappa shape index (κ3) is 3.41. The van der Waals surface area contributed by atoms with E-state index in [0.717, 1.165) is 30.5 Å². The van der Waals surface area contributed by atoms with Gasteiger partial charge in [-0.3, -0.25) is 4.98 Å². The third-order valence-corrected chi connectivity index (χ3v) is 1.51. The van der Waals surface area contributed by atoms with Gasteiger partial charge in [0.2, 0.25) is 0 Å². The molecule has 0 spiro atoms. The van der Waals surface area contributed by atoms with Crippen LogP contribution in [0.25, 0.3) is 6.08 Å². The van der Waals surface area contributed by atoms with Gasteiger partial charge in [-0.05, 0) is 18.2 Å². The lowest BCUT2D eigenvalue weighted by Gasteiger charge is -2.05. The molecule has 0 atom stereocenters. The first-order chi connectivity index (χ1) is 6.89. The molecule has 1 N–H and O–H groups in total. The molecular formula is C9H6F3NO2. The second-order valence-corrected chi connectivity index (χ2v) is 2.64. The molecule has 0 radical (unpaired) electrons. The van der Waals surface area contributed by atoms with Gasteiger partial charge in [0.05, 0.1) is 11.3 Å². The molecule has 3 nitrogen and oxygen atoms in total. The number of hydrogen-bond donors (Lipinski definition) is 1. The van der Waals surface area contributed by atoms with E-state index < -0.39 is 17.7 Å². The lowest BCUT2D eigenvalue weighted by atomic mass is 10.2. The van der Waals surface area contributed by atoms with Crippen molar-refractivity contribution in [3.05, 3.63) is 35.7 Å². The van der Waals surface area contributed by atoms with Gasteiger partial charge in [-0.25, -0.2) is 4.79 Å². The fourth-order valence-corrected chi connectivity index (χ4v) is 0.872. The summed E-state index contributed by atoms with van der Waals surface area (Å²) in [5.41, 5.74) is -0.908. The molecule has 1 aromatic heterocycles. The van der Waals surface area contributed by atoms with Crippen LogP contribution in [0.3, 0.4) is 0 Å². The molecule has 1 heterocycles. The van der Waals surface area contributed by atoms with Gasteiger partial charge >= 0.3 is 12.1 Å². The van der Waals surface area contributed by atoms with E-state index in [4.69, 9.17) is 5.11 Å². The number of aliphatic carboxylic acids is 1. The highest BCUT2D eigenvalue weighted by molar-refractivity contribution is 5.84. The van der Waals surface area contributed by atoms with E-state index in [0.29, 0.717) is 0 Å². The summed E-state index contributed by atoms with van der Waals surface area (Å²) < 4.78 is 36.6. The zero-order chi connectivity index (χ0) is 11.5. The lowest BCUT2D eigenvalue weighted by Crippen LogP contribution is -2.05. The molecule has 1 rings (SSSR count). The van der Waals surface area contributed by atoms with Crippen LogP contribution < -0.4 is 0 Å². The van der Waals surface area contributed by atoms with Crippen LogP contribution >= 0.6 is 0 Å². The van der Waals surface area contributed by atoms with Crippen molar-refractivity contribution in [2.75, 3.05) is 0 Å². The van der Waals surface area contributed by atoms with Crippen molar-refractivity contribution in [3.8, 4) is 0 Å². The molecule has 0 unspecified atom stereocenters. The molecule has 0 bridgehead atoms. The monoisotopic (exact) mass is 217 g/mol. The topological polar surface area (TPSA) is 50.2 Å². The fourth-order valence-electron chi connectivity index (χ4n) is 0.872. The van der Waals surface area contributed by atoms with Gasteiger partial charge in [0, 0.05) is 12.3 Å². The Morgan fingerprint density at radius 1 is 1.47 bits per heavy atom. The number of nitrogens with zero attached hydrogens (tertiary/aromatic N) is 1. The second-order valence-electron chi connectivity index (χ2n) is 2.64. The van der Waals surface area contributed by atoms with Gasteiger partial charge in [-0.15, -0.1) is 0 Å². The number of carboxylic acid groups (broad SMARTS) is 1. The average molecular weight is 217 g/mol. The van der Waals surface area contributed by atoms with Crippen molar-refractivity contribution in [1.82, 2.24) is 4.98 Å². The first kappa shape index (κ1) is 11.2. The minimum Gasteiger partial charge on any atom is -0.478 e. The van der Waals surface area contributed by atoms with Crippen LogP contribution in [0.4, 0.5) is 13.2 Å². The van der Waals surface area contributed by atoms with Crippen molar-refractivity contribution in [2.24, 2.45) is 0 Å². The van der Waals surface area contributed by atoms with E-state index in [1.165, 1.54) is 0 Å². The molecule has 15 heavy (non-hydrogen) atoms. The van der Waals surface area contributed by atoms with Crippen molar-refractivity contribution in [2.45, 2.75) is 6.18 Å². The number of hydrogen-bond acceptors (Lipinski definition) is 2. The smallest absolute Gasteiger partial charge is 0.416 e. The maximum Gasteiger partial charge on any atom is 0.416 e. The number of halogens is 3. The average Bonchev–Trinajstić information content (AvgIpc) is 2.14. The number of alkyl halides is 3. The fraction of sp³-hybridized carbons (Fsp3) is 0.111. The summed E-state index contributed by atoms with van der Waals surface area (Å²) in [4.78, 5) is 13.7. The minimum atomic E-state index is -4.45. The maximum absolute atomic E-state index is 12.2. The predicted octanol–water partition coefficient (Wildman–Crippen LogP) is 2.20. The Morgan fingerprint density at radius 2 is 2.13 bits per heavy atom. The number of carbonyl (C=O) groups is 1. The third-order valence-electron chi connectivity index (χ3n) is 1.51. The quantitative estimate of drug-likeness (QED) is 0.772. The van der Waals surface area contributed by atoms with Gasteiger partial charge in [-0.2, -0.15) is 13.2 Å². The molecule has 6 heteroatoms. The molecule has 0 aliphatic carbocycles. The Balaban J connectivity index is 2.98. The van der Waals surface area contributed by atoms with Gasteiger partial charge in [0.1, 0.15) is 0 Å². The van der Waals surface area contributed by atoms with Crippen LogP contribution in [0, 0.1) is 0 Å². The van der Waals surface area contributed by atoms with Gasteiger partial charge < -0.3 is 5.11 Å². The summed E-state index contributed by atoms with van der Waals surface area (Å²) in [5.74, 6) is -1.24. The standard InChI is InChI=1S/C9H6F3NO2/c10-9(11,12)6-3-4-13-7(5-6)1-2-8(14)15/h1-5H,(H,14,15)/b2-1+. The van der Waals surface area contributed by atoms with E-state index in [9.17, 15) is 18.0 Å². The first-order valence-electron chi connectivity index (χ1n) is 3.84. The summed E-state index contributed by atoms with van der Waals surface area (Å²) in [6.07, 6.45) is -1.75. The molecule has 0 saturated heterocycles. The number of carboxylic acids is 1. The van der Waals surface area contributed by atoms with Crippen molar-refractivity contribution in [3.63, 3.8) is 0 Å². The Morgan fingerprint density at radius 3 is 2.67 bits per heavy atom. The maximum atomic E-state index is 12.2. The molecule has 0 saturated carbocycles. The zero-order valence-electron chi connectivity index (χ0n) is 7.32. The second kappa shape index (κ2) is 4.12. The van der Waals surface area contributed by atoms with Gasteiger partial charge in [-0.1, -0.05) is 0 Å². The van der Waals surface area contributed by atoms with Crippen LogP contribution in [0.15, 0.2) is 24.4 Å². The molecule has 0 fully saturated rings. The molecule has 0 aliphatic heterocycles. The minimum absolute atomic E-state index is 0.0489. The highest BCUT2D eigenvalue weighted by atomic mass is 19.4. The highest BCUT2D eigenvalue weighted by Crippen LogP contribution is 2.29. The molecule has 0 aromatic carbocycles. The van der Waals surface area contributed by atoms with E-state index >= 15 is 0 Å². The van der Waals surface area contributed by atoms with Crippen LogP contribution in [0.1, 0.15) is 11.3 Å². The van der Waals surface area contributed by atoms with Crippen molar-refractivity contribution >= 4 is 12.0 Å². The van der Waals surface area contributed by atoms with E-state index in [2.05, 4.69) is 4.98 Å². The van der Waals surface area contributed by atoms with Crippen LogP contribution in [0.5, 0.6) is 0 Å². The van der Waals surface area contributed by atoms with Crippen LogP contribution in [0.2, 0.25) is 0 Å². The molecule has 80 valence electrons. The SMILES string of the molecule is O=C(O)/C=C/c1cc(C(F)(F)F)ccn1. The molecule has 1 aromatic rings. The normalized spacial score (nSPS) is 11.9. The van der Waals surface area contributed by atoms with Crippen LogP contribution in [-0.4, -0.2) is 16.1 Å². The van der Waals surface area contributed by atoms with Gasteiger partial charge in [0.25, 0.3) is 0 Å². The number of aromatic nitrogens is 1. The zero-order valence-corrected chi connectivity index (χ0v) is 7.32. The Hall–Kier alpha value is -1.85. The summed E-state index contributed by atoms with van der Waals surface area (Å²) >= 11 is 0. The van der Waals surface area contributed by atoms with Crippen LogP contribution in [-0.2, 0) is 11.0 Å². The number of pyridine rings is 1. The Labute approximate surface area is 82.9 Å². The van der Waals surface area contributed by atoms with Gasteiger partial charge in [0.15, 0.2) is 0 Å². The van der Waals surface area contributed by atoms with E-state index in [-0.39, 0.29) is 5.69 Å². The molecule has 0 amide bonds. The highest BCUT2D eigenvalue weighted by Gasteiger charge is 2.30. The lowest BCUT2D eigenvalue weighted by molar-refractivity contribution is -0.137. The first-order valence-corrected chi connectivity index (χ1v) is 3.84. The Kier molecular flexibility index (Phi) is 3.08. The van der Waals surface area contributed by atoms with E-state index in [1.54, 1.807) is 0 Å². The molecular weight excluding hydrogens is 211 g/mol. The van der Waals surface area contributed by atoms with Crippen molar-refractivity contribution in [1.29, 1.82) is 0 Å².